The highest BCUT2D eigenvalue weighted by molar-refractivity contribution is 14.0. The molecule has 0 spiro atoms. The van der Waals surface area contributed by atoms with Crippen LogP contribution in [0.15, 0.2) is 4.99 Å². The number of rotatable bonds is 10. The van der Waals surface area contributed by atoms with E-state index in [2.05, 4.69) is 36.0 Å². The SMILES string of the molecule is CCNC(=NCCCOCC1CCOCC1)N(C)CC1CCCN1CC.I. The summed E-state index contributed by atoms with van der Waals surface area (Å²) in [5, 5.41) is 3.43. The Hall–Kier alpha value is -0.120. The maximum absolute atomic E-state index is 5.85. The highest BCUT2D eigenvalue weighted by Crippen LogP contribution is 2.17. The molecule has 0 aromatic carbocycles. The smallest absolute Gasteiger partial charge is 0.193 e. The largest absolute Gasteiger partial charge is 0.381 e. The molecular formula is C20H41IN4O2. The van der Waals surface area contributed by atoms with Gasteiger partial charge in [0.15, 0.2) is 5.96 Å². The fourth-order valence-electron chi connectivity index (χ4n) is 3.91. The minimum Gasteiger partial charge on any atom is -0.381 e. The van der Waals surface area contributed by atoms with Crippen LogP contribution < -0.4 is 5.32 Å². The third kappa shape index (κ3) is 9.28. The van der Waals surface area contributed by atoms with Crippen LogP contribution in [-0.4, -0.2) is 88.0 Å². The van der Waals surface area contributed by atoms with E-state index in [0.717, 1.165) is 77.8 Å². The second-order valence-electron chi connectivity index (χ2n) is 7.53. The Morgan fingerprint density at radius 2 is 2.04 bits per heavy atom. The summed E-state index contributed by atoms with van der Waals surface area (Å²) >= 11 is 0. The zero-order chi connectivity index (χ0) is 18.6. The van der Waals surface area contributed by atoms with Crippen LogP contribution in [0.25, 0.3) is 0 Å². The van der Waals surface area contributed by atoms with E-state index in [4.69, 9.17) is 14.5 Å². The summed E-state index contributed by atoms with van der Waals surface area (Å²) in [7, 11) is 2.16. The van der Waals surface area contributed by atoms with Crippen molar-refractivity contribution in [3.63, 3.8) is 0 Å². The van der Waals surface area contributed by atoms with Crippen LogP contribution >= 0.6 is 24.0 Å². The molecule has 0 saturated carbocycles. The van der Waals surface area contributed by atoms with E-state index in [9.17, 15) is 0 Å². The van der Waals surface area contributed by atoms with Gasteiger partial charge >= 0.3 is 0 Å². The van der Waals surface area contributed by atoms with Gasteiger partial charge in [0.1, 0.15) is 0 Å². The molecule has 2 fully saturated rings. The summed E-state index contributed by atoms with van der Waals surface area (Å²) in [5.41, 5.74) is 0. The van der Waals surface area contributed by atoms with E-state index in [-0.39, 0.29) is 24.0 Å². The lowest BCUT2D eigenvalue weighted by molar-refractivity contribution is 0.0205. The Labute approximate surface area is 183 Å². The Morgan fingerprint density at radius 1 is 1.26 bits per heavy atom. The quantitative estimate of drug-likeness (QED) is 0.218. The lowest BCUT2D eigenvalue weighted by Gasteiger charge is -2.29. The molecule has 0 bridgehead atoms. The van der Waals surface area contributed by atoms with Crippen molar-refractivity contribution in [3.8, 4) is 0 Å². The summed E-state index contributed by atoms with van der Waals surface area (Å²) in [6.45, 7) is 13.0. The molecular weight excluding hydrogens is 455 g/mol. The van der Waals surface area contributed by atoms with Crippen LogP contribution in [0.5, 0.6) is 0 Å². The summed E-state index contributed by atoms with van der Waals surface area (Å²) in [6, 6.07) is 0.664. The topological polar surface area (TPSA) is 49.3 Å². The van der Waals surface area contributed by atoms with Gasteiger partial charge in [-0.1, -0.05) is 6.92 Å². The van der Waals surface area contributed by atoms with E-state index in [1.165, 1.54) is 19.4 Å². The van der Waals surface area contributed by atoms with Crippen LogP contribution in [-0.2, 0) is 9.47 Å². The zero-order valence-corrected chi connectivity index (χ0v) is 20.0. The number of likely N-dealkylation sites (N-methyl/N-ethyl adjacent to an activating group) is 2. The van der Waals surface area contributed by atoms with Gasteiger partial charge in [0.05, 0.1) is 0 Å². The van der Waals surface area contributed by atoms with Gasteiger partial charge in [0.25, 0.3) is 0 Å². The lowest BCUT2D eigenvalue weighted by atomic mass is 10.0. The molecule has 2 rings (SSSR count). The summed E-state index contributed by atoms with van der Waals surface area (Å²) in [5.74, 6) is 1.71. The van der Waals surface area contributed by atoms with E-state index in [0.29, 0.717) is 12.0 Å². The number of ether oxygens (including phenoxy) is 2. The molecule has 0 aromatic rings. The third-order valence-electron chi connectivity index (χ3n) is 5.49. The van der Waals surface area contributed by atoms with Gasteiger partial charge in [0.2, 0.25) is 0 Å². The first-order chi connectivity index (χ1) is 12.7. The van der Waals surface area contributed by atoms with E-state index >= 15 is 0 Å². The Bertz CT molecular complexity index is 405. The summed E-state index contributed by atoms with van der Waals surface area (Å²) < 4.78 is 11.2. The second-order valence-corrected chi connectivity index (χ2v) is 7.53. The molecule has 0 aromatic heterocycles. The van der Waals surface area contributed by atoms with Gasteiger partial charge in [-0.15, -0.1) is 24.0 Å². The molecule has 0 aliphatic carbocycles. The molecule has 6 nitrogen and oxygen atoms in total. The summed E-state index contributed by atoms with van der Waals surface area (Å²) in [6.07, 6.45) is 5.89. The molecule has 0 amide bonds. The second kappa shape index (κ2) is 14.8. The van der Waals surface area contributed by atoms with E-state index < -0.39 is 0 Å². The molecule has 27 heavy (non-hydrogen) atoms. The number of likely N-dealkylation sites (tertiary alicyclic amines) is 1. The molecule has 0 radical (unpaired) electrons. The first-order valence-corrected chi connectivity index (χ1v) is 10.6. The van der Waals surface area contributed by atoms with Gasteiger partial charge in [-0.2, -0.15) is 0 Å². The maximum atomic E-state index is 5.85. The molecule has 2 heterocycles. The summed E-state index contributed by atoms with van der Waals surface area (Å²) in [4.78, 5) is 9.69. The molecule has 1 atom stereocenters. The number of hydrogen-bond acceptors (Lipinski definition) is 4. The zero-order valence-electron chi connectivity index (χ0n) is 17.6. The number of nitrogens with one attached hydrogen (secondary N) is 1. The number of halogens is 1. The van der Waals surface area contributed by atoms with E-state index in [1.807, 2.05) is 0 Å². The lowest BCUT2D eigenvalue weighted by Crippen LogP contribution is -2.46. The van der Waals surface area contributed by atoms with Crippen LogP contribution in [0.2, 0.25) is 0 Å². The van der Waals surface area contributed by atoms with Gasteiger partial charge in [-0.3, -0.25) is 9.89 Å². The minimum atomic E-state index is 0. The van der Waals surface area contributed by atoms with Crippen molar-refractivity contribution in [3.05, 3.63) is 0 Å². The maximum Gasteiger partial charge on any atom is 0.193 e. The standard InChI is InChI=1S/C20H40N4O2.HI/c1-4-21-20(23(3)16-19-8-6-12-24(19)5-2)22-11-7-13-26-17-18-9-14-25-15-10-18;/h18-19H,4-17H2,1-3H3,(H,21,22);1H. The average Bonchev–Trinajstić information content (AvgIpc) is 3.11. The van der Waals surface area contributed by atoms with Crippen molar-refractivity contribution < 1.29 is 9.47 Å². The molecule has 7 heteroatoms. The van der Waals surface area contributed by atoms with Crippen LogP contribution in [0.3, 0.4) is 0 Å². The normalized spacial score (nSPS) is 21.9. The number of nitrogens with zero attached hydrogens (tertiary/aromatic N) is 3. The van der Waals surface area contributed by atoms with Gasteiger partial charge in [0, 0.05) is 59.2 Å². The van der Waals surface area contributed by atoms with E-state index in [1.54, 1.807) is 0 Å². The Balaban J connectivity index is 0.00000364. The monoisotopic (exact) mass is 496 g/mol. The van der Waals surface area contributed by atoms with Crippen LogP contribution in [0.4, 0.5) is 0 Å². The van der Waals surface area contributed by atoms with Crippen molar-refractivity contribution in [2.75, 3.05) is 66.2 Å². The predicted octanol–water partition coefficient (Wildman–Crippen LogP) is 2.82. The fraction of sp³-hybridized carbons (Fsp3) is 0.950. The van der Waals surface area contributed by atoms with Crippen molar-refractivity contribution in [1.29, 1.82) is 0 Å². The molecule has 1 N–H and O–H groups in total. The molecule has 1 unspecified atom stereocenters. The number of hydrogen-bond donors (Lipinski definition) is 1. The van der Waals surface area contributed by atoms with Crippen molar-refractivity contribution >= 4 is 29.9 Å². The first kappa shape index (κ1) is 24.9. The van der Waals surface area contributed by atoms with Crippen LogP contribution in [0.1, 0.15) is 46.0 Å². The van der Waals surface area contributed by atoms with Crippen LogP contribution in [0, 0.1) is 5.92 Å². The number of aliphatic imine (C=N–C) groups is 1. The Kier molecular flexibility index (Phi) is 13.7. The first-order valence-electron chi connectivity index (χ1n) is 10.6. The average molecular weight is 496 g/mol. The van der Waals surface area contributed by atoms with Crippen molar-refractivity contribution in [2.24, 2.45) is 10.9 Å². The van der Waals surface area contributed by atoms with Crippen molar-refractivity contribution in [2.45, 2.75) is 52.0 Å². The molecule has 2 aliphatic rings. The van der Waals surface area contributed by atoms with Gasteiger partial charge in [-0.05, 0) is 58.0 Å². The minimum absolute atomic E-state index is 0. The van der Waals surface area contributed by atoms with Gasteiger partial charge < -0.3 is 19.7 Å². The molecule has 160 valence electrons. The highest BCUT2D eigenvalue weighted by atomic mass is 127. The fourth-order valence-corrected chi connectivity index (χ4v) is 3.91. The predicted molar refractivity (Wildman–Crippen MR) is 123 cm³/mol. The Morgan fingerprint density at radius 3 is 2.74 bits per heavy atom. The number of guanidine groups is 1. The van der Waals surface area contributed by atoms with Gasteiger partial charge in [-0.25, -0.2) is 0 Å². The third-order valence-corrected chi connectivity index (χ3v) is 5.49. The molecule has 2 saturated heterocycles. The highest BCUT2D eigenvalue weighted by Gasteiger charge is 2.24. The van der Waals surface area contributed by atoms with Crippen molar-refractivity contribution in [1.82, 2.24) is 15.1 Å². The molecule has 2 aliphatic heterocycles.